The van der Waals surface area contributed by atoms with Gasteiger partial charge in [0.1, 0.15) is 0 Å². The van der Waals surface area contributed by atoms with Crippen molar-refractivity contribution in [2.45, 2.75) is 32.1 Å². The fourth-order valence-corrected chi connectivity index (χ4v) is 1.91. The van der Waals surface area contributed by atoms with Gasteiger partial charge in [-0.2, -0.15) is 0 Å². The SMILES string of the molecule is CNC(=O)CC1(C(=O)O)CCCC1. The minimum Gasteiger partial charge on any atom is -0.481 e. The summed E-state index contributed by atoms with van der Waals surface area (Å²) in [4.78, 5) is 22.1. The number of carboxylic acids is 1. The van der Waals surface area contributed by atoms with Crippen molar-refractivity contribution in [1.29, 1.82) is 0 Å². The second-order valence-electron chi connectivity index (χ2n) is 3.64. The van der Waals surface area contributed by atoms with Crippen molar-refractivity contribution in [3.05, 3.63) is 0 Å². The van der Waals surface area contributed by atoms with E-state index in [1.54, 1.807) is 0 Å². The van der Waals surface area contributed by atoms with E-state index >= 15 is 0 Å². The van der Waals surface area contributed by atoms with E-state index in [0.717, 1.165) is 12.8 Å². The molecule has 1 fully saturated rings. The smallest absolute Gasteiger partial charge is 0.310 e. The molecule has 1 rings (SSSR count). The molecule has 0 aromatic rings. The van der Waals surface area contributed by atoms with Crippen LogP contribution in [0.15, 0.2) is 0 Å². The Morgan fingerprint density at radius 3 is 2.31 bits per heavy atom. The lowest BCUT2D eigenvalue weighted by molar-refractivity contribution is -0.151. The first kappa shape index (κ1) is 10.0. The molecule has 1 amide bonds. The van der Waals surface area contributed by atoms with Crippen molar-refractivity contribution >= 4 is 11.9 Å². The normalized spacial score (nSPS) is 19.8. The van der Waals surface area contributed by atoms with Crippen molar-refractivity contribution in [2.75, 3.05) is 7.05 Å². The van der Waals surface area contributed by atoms with Gasteiger partial charge in [0, 0.05) is 13.5 Å². The van der Waals surface area contributed by atoms with E-state index < -0.39 is 11.4 Å². The lowest BCUT2D eigenvalue weighted by atomic mass is 9.82. The molecule has 1 aliphatic rings. The van der Waals surface area contributed by atoms with Crippen LogP contribution in [0.3, 0.4) is 0 Å². The Morgan fingerprint density at radius 2 is 1.92 bits per heavy atom. The van der Waals surface area contributed by atoms with Gasteiger partial charge in [-0.15, -0.1) is 0 Å². The standard InChI is InChI=1S/C9H15NO3/c1-10-7(11)6-9(8(12)13)4-2-3-5-9/h2-6H2,1H3,(H,10,11)(H,12,13). The predicted octanol–water partition coefficient (Wildman–Crippen LogP) is 0.767. The molecule has 4 heteroatoms. The van der Waals surface area contributed by atoms with E-state index in [-0.39, 0.29) is 12.3 Å². The Hall–Kier alpha value is -1.06. The zero-order valence-electron chi connectivity index (χ0n) is 7.80. The summed E-state index contributed by atoms with van der Waals surface area (Å²) in [7, 11) is 1.53. The summed E-state index contributed by atoms with van der Waals surface area (Å²) in [5.41, 5.74) is -0.778. The van der Waals surface area contributed by atoms with Gasteiger partial charge in [0.05, 0.1) is 5.41 Å². The number of rotatable bonds is 3. The van der Waals surface area contributed by atoms with Crippen molar-refractivity contribution in [3.8, 4) is 0 Å². The summed E-state index contributed by atoms with van der Waals surface area (Å²) >= 11 is 0. The number of aliphatic carboxylic acids is 1. The molecule has 0 bridgehead atoms. The van der Waals surface area contributed by atoms with Crippen LogP contribution in [0, 0.1) is 5.41 Å². The van der Waals surface area contributed by atoms with Gasteiger partial charge < -0.3 is 10.4 Å². The van der Waals surface area contributed by atoms with Gasteiger partial charge in [-0.05, 0) is 12.8 Å². The Kier molecular flexibility index (Phi) is 2.90. The fourth-order valence-electron chi connectivity index (χ4n) is 1.91. The van der Waals surface area contributed by atoms with Crippen molar-refractivity contribution in [3.63, 3.8) is 0 Å². The van der Waals surface area contributed by atoms with Crippen LogP contribution in [-0.4, -0.2) is 24.0 Å². The Bertz CT molecular complexity index is 219. The molecule has 1 saturated carbocycles. The Morgan fingerprint density at radius 1 is 1.38 bits per heavy atom. The summed E-state index contributed by atoms with van der Waals surface area (Å²) in [6.07, 6.45) is 3.23. The van der Waals surface area contributed by atoms with E-state index in [0.29, 0.717) is 12.8 Å². The average Bonchev–Trinajstić information content (AvgIpc) is 2.54. The topological polar surface area (TPSA) is 66.4 Å². The molecule has 0 heterocycles. The van der Waals surface area contributed by atoms with Gasteiger partial charge in [-0.1, -0.05) is 12.8 Å². The third kappa shape index (κ3) is 1.99. The maximum Gasteiger partial charge on any atom is 0.310 e. The third-order valence-electron chi connectivity index (χ3n) is 2.79. The largest absolute Gasteiger partial charge is 0.481 e. The van der Waals surface area contributed by atoms with Crippen molar-refractivity contribution in [2.24, 2.45) is 5.41 Å². The maximum absolute atomic E-state index is 11.1. The number of carboxylic acid groups (broad SMARTS) is 1. The minimum atomic E-state index is -0.825. The molecule has 2 N–H and O–H groups in total. The molecule has 0 atom stereocenters. The fraction of sp³-hybridized carbons (Fsp3) is 0.778. The molecular weight excluding hydrogens is 170 g/mol. The van der Waals surface area contributed by atoms with Gasteiger partial charge in [0.15, 0.2) is 0 Å². The zero-order valence-corrected chi connectivity index (χ0v) is 7.80. The molecule has 4 nitrogen and oxygen atoms in total. The van der Waals surface area contributed by atoms with Crippen LogP contribution in [0.25, 0.3) is 0 Å². The van der Waals surface area contributed by atoms with Gasteiger partial charge in [-0.25, -0.2) is 0 Å². The molecule has 0 aromatic heterocycles. The lowest BCUT2D eigenvalue weighted by Gasteiger charge is -2.22. The highest BCUT2D eigenvalue weighted by atomic mass is 16.4. The monoisotopic (exact) mass is 185 g/mol. The quantitative estimate of drug-likeness (QED) is 0.682. The molecule has 13 heavy (non-hydrogen) atoms. The predicted molar refractivity (Wildman–Crippen MR) is 47.2 cm³/mol. The van der Waals surface area contributed by atoms with Gasteiger partial charge in [0.2, 0.25) is 5.91 Å². The van der Waals surface area contributed by atoms with Crippen LogP contribution in [-0.2, 0) is 9.59 Å². The van der Waals surface area contributed by atoms with E-state index in [4.69, 9.17) is 5.11 Å². The maximum atomic E-state index is 11.1. The molecule has 0 aromatic carbocycles. The number of hydrogen-bond donors (Lipinski definition) is 2. The molecule has 0 unspecified atom stereocenters. The molecule has 0 spiro atoms. The Balaban J connectivity index is 2.68. The minimum absolute atomic E-state index is 0.124. The first-order valence-electron chi connectivity index (χ1n) is 4.55. The molecule has 0 radical (unpaired) electrons. The summed E-state index contributed by atoms with van der Waals surface area (Å²) < 4.78 is 0. The summed E-state index contributed by atoms with van der Waals surface area (Å²) in [6.45, 7) is 0. The van der Waals surface area contributed by atoms with Crippen LogP contribution in [0.2, 0.25) is 0 Å². The first-order valence-corrected chi connectivity index (χ1v) is 4.55. The number of amides is 1. The average molecular weight is 185 g/mol. The number of nitrogens with one attached hydrogen (secondary N) is 1. The van der Waals surface area contributed by atoms with E-state index in [1.165, 1.54) is 7.05 Å². The summed E-state index contributed by atoms with van der Waals surface area (Å²) in [6, 6.07) is 0. The first-order chi connectivity index (χ1) is 6.10. The third-order valence-corrected chi connectivity index (χ3v) is 2.79. The second kappa shape index (κ2) is 3.77. The van der Waals surface area contributed by atoms with Crippen LogP contribution in [0.1, 0.15) is 32.1 Å². The second-order valence-corrected chi connectivity index (χ2v) is 3.64. The molecule has 0 aliphatic heterocycles. The van der Waals surface area contributed by atoms with E-state index in [2.05, 4.69) is 5.32 Å². The van der Waals surface area contributed by atoms with Gasteiger partial charge in [0.25, 0.3) is 0 Å². The summed E-state index contributed by atoms with van der Waals surface area (Å²) in [5, 5.41) is 11.5. The molecule has 1 aliphatic carbocycles. The van der Waals surface area contributed by atoms with Gasteiger partial charge in [-0.3, -0.25) is 9.59 Å². The highest BCUT2D eigenvalue weighted by Gasteiger charge is 2.42. The van der Waals surface area contributed by atoms with Crippen LogP contribution >= 0.6 is 0 Å². The van der Waals surface area contributed by atoms with Crippen molar-refractivity contribution in [1.82, 2.24) is 5.32 Å². The van der Waals surface area contributed by atoms with Gasteiger partial charge >= 0.3 is 5.97 Å². The number of carbonyl (C=O) groups excluding carboxylic acids is 1. The molecular formula is C9H15NO3. The highest BCUT2D eigenvalue weighted by molar-refractivity contribution is 5.85. The van der Waals surface area contributed by atoms with Crippen LogP contribution in [0.5, 0.6) is 0 Å². The molecule has 0 saturated heterocycles. The summed E-state index contributed by atoms with van der Waals surface area (Å²) in [5.74, 6) is -1.00. The van der Waals surface area contributed by atoms with E-state index in [1.807, 2.05) is 0 Å². The number of hydrogen-bond acceptors (Lipinski definition) is 2. The Labute approximate surface area is 77.3 Å². The lowest BCUT2D eigenvalue weighted by Crippen LogP contribution is -2.34. The van der Waals surface area contributed by atoms with E-state index in [9.17, 15) is 9.59 Å². The zero-order chi connectivity index (χ0) is 9.90. The number of carbonyl (C=O) groups is 2. The van der Waals surface area contributed by atoms with Crippen LogP contribution < -0.4 is 5.32 Å². The van der Waals surface area contributed by atoms with Crippen LogP contribution in [0.4, 0.5) is 0 Å². The molecule has 74 valence electrons. The van der Waals surface area contributed by atoms with Crippen molar-refractivity contribution < 1.29 is 14.7 Å². The highest BCUT2D eigenvalue weighted by Crippen LogP contribution is 2.41.